The molecule has 0 unspecified atom stereocenters. The zero-order chi connectivity index (χ0) is 25.4. The molecule has 0 aliphatic rings. The lowest BCUT2D eigenvalue weighted by molar-refractivity contribution is 0.596. The van der Waals surface area contributed by atoms with Crippen molar-refractivity contribution in [3.63, 3.8) is 0 Å². The van der Waals surface area contributed by atoms with Crippen LogP contribution in [0.1, 0.15) is 22.4 Å². The summed E-state index contributed by atoms with van der Waals surface area (Å²) in [6.07, 6.45) is 3.44. The van der Waals surface area contributed by atoms with Crippen molar-refractivity contribution in [2.75, 3.05) is 0 Å². The number of aryl methyl sites for hydroxylation is 2. The molecule has 174 valence electrons. The molecule has 0 radical (unpaired) electrons. The molecule has 5 aromatic rings. The van der Waals surface area contributed by atoms with Gasteiger partial charge in [0.05, 0.1) is 41.9 Å². The van der Waals surface area contributed by atoms with Crippen LogP contribution in [0.25, 0.3) is 26.9 Å². The zero-order valence-corrected chi connectivity index (χ0v) is 19.8. The minimum atomic E-state index is -1.08. The van der Waals surface area contributed by atoms with Gasteiger partial charge in [0.2, 0.25) is 0 Å². The smallest absolute Gasteiger partial charge is 0.251 e. The number of pyridine rings is 1. The molecule has 2 aromatic heterocycles. The van der Waals surface area contributed by atoms with Gasteiger partial charge < -0.3 is 14.9 Å². The average molecular weight is 471 g/mol. The van der Waals surface area contributed by atoms with Crippen molar-refractivity contribution in [1.29, 1.82) is 5.26 Å². The highest BCUT2D eigenvalue weighted by Gasteiger charge is 2.35. The highest BCUT2D eigenvalue weighted by Crippen LogP contribution is 2.38. The Morgan fingerprint density at radius 2 is 1.78 bits per heavy atom. The maximum atomic E-state index is 12.8. The first-order chi connectivity index (χ1) is 17.4. The van der Waals surface area contributed by atoms with Crippen molar-refractivity contribution in [2.24, 2.45) is 19.8 Å². The van der Waals surface area contributed by atoms with Gasteiger partial charge in [-0.25, -0.2) is 9.83 Å². The molecule has 36 heavy (non-hydrogen) atoms. The van der Waals surface area contributed by atoms with Crippen molar-refractivity contribution in [3.05, 3.63) is 129 Å². The lowest BCUT2D eigenvalue weighted by Crippen LogP contribution is -2.41. The summed E-state index contributed by atoms with van der Waals surface area (Å²) in [5.74, 6) is 0. The lowest BCUT2D eigenvalue weighted by Gasteiger charge is -2.32. The second-order valence-electron chi connectivity index (χ2n) is 8.74. The number of imidazole rings is 1. The van der Waals surface area contributed by atoms with E-state index >= 15 is 0 Å². The molecular formula is C29H22N6O. The molecule has 0 aliphatic carbocycles. The largest absolute Gasteiger partial charge is 0.336 e. The number of fused-ring (bicyclic) bond motifs is 1. The standard InChI is InChI=1S/C29H22N6O/c1-32-23-10-7-21(8-11-23)29(31,27-17-33-18-34(27)2)22-9-12-26-25(14-22)24(15-28(36)35(26)3)20-6-4-5-19(13-20)16-30/h4-15,17-18H,31H2,2-3H3/t29-/m1/s1. The van der Waals surface area contributed by atoms with E-state index in [9.17, 15) is 10.1 Å². The summed E-state index contributed by atoms with van der Waals surface area (Å²) in [6, 6.07) is 24.0. The van der Waals surface area contributed by atoms with E-state index in [1.165, 1.54) is 0 Å². The van der Waals surface area contributed by atoms with E-state index in [1.807, 2.05) is 54.1 Å². The summed E-state index contributed by atoms with van der Waals surface area (Å²) >= 11 is 0. The predicted molar refractivity (Wildman–Crippen MR) is 139 cm³/mol. The number of aromatic nitrogens is 3. The van der Waals surface area contributed by atoms with Crippen molar-refractivity contribution >= 4 is 16.6 Å². The van der Waals surface area contributed by atoms with Gasteiger partial charge in [-0.1, -0.05) is 42.5 Å². The highest BCUT2D eigenvalue weighted by atomic mass is 16.1. The van der Waals surface area contributed by atoms with Crippen LogP contribution in [0.4, 0.5) is 5.69 Å². The van der Waals surface area contributed by atoms with Crippen LogP contribution in [-0.2, 0) is 19.6 Å². The monoisotopic (exact) mass is 470 g/mol. The van der Waals surface area contributed by atoms with Crippen LogP contribution in [0.2, 0.25) is 0 Å². The summed E-state index contributed by atoms with van der Waals surface area (Å²) in [5.41, 5.74) is 11.7. The van der Waals surface area contributed by atoms with E-state index in [0.29, 0.717) is 11.3 Å². The van der Waals surface area contributed by atoms with Crippen molar-refractivity contribution in [3.8, 4) is 17.2 Å². The second-order valence-corrected chi connectivity index (χ2v) is 8.74. The first-order valence-corrected chi connectivity index (χ1v) is 11.3. The summed E-state index contributed by atoms with van der Waals surface area (Å²) in [6.45, 7) is 7.30. The predicted octanol–water partition coefficient (Wildman–Crippen LogP) is 4.61. The van der Waals surface area contributed by atoms with Crippen LogP contribution in [-0.4, -0.2) is 14.1 Å². The number of hydrogen-bond donors (Lipinski definition) is 1. The van der Waals surface area contributed by atoms with Gasteiger partial charge in [-0.05, 0) is 46.5 Å². The van der Waals surface area contributed by atoms with Crippen molar-refractivity contribution in [2.45, 2.75) is 5.54 Å². The highest BCUT2D eigenvalue weighted by molar-refractivity contribution is 5.95. The molecule has 2 heterocycles. The zero-order valence-electron chi connectivity index (χ0n) is 19.8. The van der Waals surface area contributed by atoms with Gasteiger partial charge in [0.25, 0.3) is 5.56 Å². The Kier molecular flexibility index (Phi) is 5.49. The number of benzene rings is 3. The van der Waals surface area contributed by atoms with E-state index in [2.05, 4.69) is 15.9 Å². The van der Waals surface area contributed by atoms with E-state index in [-0.39, 0.29) is 5.56 Å². The third-order valence-corrected chi connectivity index (χ3v) is 6.68. The van der Waals surface area contributed by atoms with E-state index in [1.54, 1.807) is 54.5 Å². The normalized spacial score (nSPS) is 12.6. The molecule has 2 N–H and O–H groups in total. The Morgan fingerprint density at radius 3 is 2.44 bits per heavy atom. The quantitative estimate of drug-likeness (QED) is 0.388. The fourth-order valence-corrected chi connectivity index (χ4v) is 4.70. The number of rotatable bonds is 4. The molecule has 5 rings (SSSR count). The minimum absolute atomic E-state index is 0.145. The molecule has 1 atom stereocenters. The van der Waals surface area contributed by atoms with Gasteiger partial charge in [0.1, 0.15) is 5.54 Å². The summed E-state index contributed by atoms with van der Waals surface area (Å²) in [4.78, 5) is 20.6. The van der Waals surface area contributed by atoms with Crippen LogP contribution >= 0.6 is 0 Å². The SMILES string of the molecule is [C-]#[N+]c1ccc([C@@](N)(c2ccc3c(c2)c(-c2cccc(C#N)c2)cc(=O)n3C)c2cncn2C)cc1. The van der Waals surface area contributed by atoms with E-state index < -0.39 is 5.54 Å². The van der Waals surface area contributed by atoms with Crippen molar-refractivity contribution < 1.29 is 0 Å². The van der Waals surface area contributed by atoms with Gasteiger partial charge in [-0.2, -0.15) is 5.26 Å². The first-order valence-electron chi connectivity index (χ1n) is 11.3. The minimum Gasteiger partial charge on any atom is -0.336 e. The number of nitrogens with two attached hydrogens (primary N) is 1. The van der Waals surface area contributed by atoms with Crippen LogP contribution < -0.4 is 11.3 Å². The molecule has 7 heteroatoms. The molecule has 0 amide bonds. The van der Waals surface area contributed by atoms with Crippen LogP contribution in [0.3, 0.4) is 0 Å². The number of hydrogen-bond acceptors (Lipinski definition) is 4. The number of nitrogens with zero attached hydrogens (tertiary/aromatic N) is 5. The number of nitriles is 1. The van der Waals surface area contributed by atoms with Gasteiger partial charge >= 0.3 is 0 Å². The molecule has 0 saturated carbocycles. The fourth-order valence-electron chi connectivity index (χ4n) is 4.70. The Hall–Kier alpha value is -4.98. The second kappa shape index (κ2) is 8.66. The van der Waals surface area contributed by atoms with E-state index in [4.69, 9.17) is 12.3 Å². The Labute approximate surface area is 208 Å². The molecule has 0 spiro atoms. The molecule has 0 bridgehead atoms. The fraction of sp³-hybridized carbons (Fsp3) is 0.103. The molecule has 3 aromatic carbocycles. The van der Waals surface area contributed by atoms with Crippen LogP contribution in [0.5, 0.6) is 0 Å². The Balaban J connectivity index is 1.83. The average Bonchev–Trinajstić information content (AvgIpc) is 3.36. The van der Waals surface area contributed by atoms with Gasteiger partial charge in [0.15, 0.2) is 5.69 Å². The van der Waals surface area contributed by atoms with Gasteiger partial charge in [0, 0.05) is 25.5 Å². The summed E-state index contributed by atoms with van der Waals surface area (Å²) in [5, 5.41) is 10.2. The molecule has 0 saturated heterocycles. The van der Waals surface area contributed by atoms with Gasteiger partial charge in [-0.15, -0.1) is 0 Å². The lowest BCUT2D eigenvalue weighted by atomic mass is 9.80. The summed E-state index contributed by atoms with van der Waals surface area (Å²) in [7, 11) is 3.63. The van der Waals surface area contributed by atoms with Gasteiger partial charge in [-0.3, -0.25) is 4.79 Å². The third-order valence-electron chi connectivity index (χ3n) is 6.68. The first kappa shape index (κ1) is 22.8. The molecule has 0 aliphatic heterocycles. The van der Waals surface area contributed by atoms with Crippen LogP contribution in [0.15, 0.2) is 90.1 Å². The van der Waals surface area contributed by atoms with Crippen molar-refractivity contribution in [1.82, 2.24) is 14.1 Å². The molecular weight excluding hydrogens is 448 g/mol. The molecule has 0 fully saturated rings. The Morgan fingerprint density at radius 1 is 1.03 bits per heavy atom. The van der Waals surface area contributed by atoms with Crippen LogP contribution in [0, 0.1) is 17.9 Å². The maximum absolute atomic E-state index is 12.8. The Bertz CT molecular complexity index is 1770. The molecule has 7 nitrogen and oxygen atoms in total. The van der Waals surface area contributed by atoms with E-state index in [0.717, 1.165) is 38.9 Å². The summed E-state index contributed by atoms with van der Waals surface area (Å²) < 4.78 is 3.48. The topological polar surface area (TPSA) is 94.0 Å². The maximum Gasteiger partial charge on any atom is 0.251 e. The third kappa shape index (κ3) is 3.56.